The number of alkyl halides is 6. The number of halogens is 6. The summed E-state index contributed by atoms with van der Waals surface area (Å²) in [6.07, 6.45) is -9.22. The van der Waals surface area contributed by atoms with Crippen molar-refractivity contribution >= 4 is 65.7 Å². The zero-order valence-corrected chi connectivity index (χ0v) is 19.6. The molecule has 4 aromatic heterocycles. The molecule has 0 N–H and O–H groups in total. The highest BCUT2D eigenvalue weighted by Crippen LogP contribution is 2.38. The number of pyridine rings is 2. The number of nitrogens with zero attached hydrogens (tertiary/aromatic N) is 4. The predicted octanol–water partition coefficient (Wildman–Crippen LogP) is 6.38. The van der Waals surface area contributed by atoms with Crippen molar-refractivity contribution < 1.29 is 26.3 Å². The van der Waals surface area contributed by atoms with E-state index in [0.717, 1.165) is 28.7 Å². The molecule has 0 spiro atoms. The molecule has 0 aliphatic carbocycles. The average Bonchev–Trinajstić information content (AvgIpc) is 3.48. The number of benzene rings is 4. The Labute approximate surface area is 216 Å². The highest BCUT2D eigenvalue weighted by atomic mass is 19.4. The summed E-state index contributed by atoms with van der Waals surface area (Å²) in [4.78, 5) is 36.2. The van der Waals surface area contributed by atoms with E-state index in [1.54, 1.807) is 12.1 Å². The number of hydrogen-bond donors (Lipinski definition) is 0. The normalized spacial score (nSPS) is 13.4. The summed E-state index contributed by atoms with van der Waals surface area (Å²) in [6.45, 7) is 0. The molecule has 4 heterocycles. The van der Waals surface area contributed by atoms with Crippen LogP contribution in [0, 0.1) is 0 Å². The molecule has 40 heavy (non-hydrogen) atoms. The summed E-state index contributed by atoms with van der Waals surface area (Å²) in [5.41, 5.74) is -2.38. The van der Waals surface area contributed by atoms with Crippen molar-refractivity contribution in [3.63, 3.8) is 0 Å². The quantitative estimate of drug-likeness (QED) is 0.163. The minimum absolute atomic E-state index is 0.00721. The van der Waals surface area contributed by atoms with Gasteiger partial charge in [-0.25, -0.2) is 9.97 Å². The Hall–Kier alpha value is -5.00. The van der Waals surface area contributed by atoms with Gasteiger partial charge in [-0.3, -0.25) is 18.4 Å². The maximum atomic E-state index is 13.7. The van der Waals surface area contributed by atoms with E-state index in [4.69, 9.17) is 0 Å². The Morgan fingerprint density at radius 2 is 1.00 bits per heavy atom. The molecule has 0 amide bonds. The number of fused-ring (bicyclic) bond motifs is 8. The van der Waals surface area contributed by atoms with Crippen molar-refractivity contribution in [2.45, 2.75) is 12.4 Å². The van der Waals surface area contributed by atoms with Crippen LogP contribution in [0.4, 0.5) is 26.3 Å². The van der Waals surface area contributed by atoms with Gasteiger partial charge in [-0.05, 0) is 60.7 Å². The molecule has 8 rings (SSSR count). The van der Waals surface area contributed by atoms with Gasteiger partial charge in [-0.15, -0.1) is 0 Å². The first-order valence-electron chi connectivity index (χ1n) is 11.8. The molecule has 0 saturated heterocycles. The van der Waals surface area contributed by atoms with Gasteiger partial charge in [0.25, 0.3) is 11.1 Å². The van der Waals surface area contributed by atoms with Crippen molar-refractivity contribution in [1.29, 1.82) is 0 Å². The third kappa shape index (κ3) is 2.74. The van der Waals surface area contributed by atoms with E-state index in [1.165, 1.54) is 28.7 Å². The second-order valence-electron chi connectivity index (χ2n) is 9.63. The first kappa shape index (κ1) is 22.9. The van der Waals surface area contributed by atoms with E-state index in [-0.39, 0.29) is 44.1 Å². The summed E-state index contributed by atoms with van der Waals surface area (Å²) in [5, 5.41) is 1.96. The van der Waals surface area contributed by atoms with Crippen LogP contribution in [0.3, 0.4) is 0 Å². The van der Waals surface area contributed by atoms with Crippen LogP contribution in [0.25, 0.3) is 65.7 Å². The van der Waals surface area contributed by atoms with Gasteiger partial charge in [-0.1, -0.05) is 0 Å². The molecular formula is C28H10F6N4O2. The van der Waals surface area contributed by atoms with Gasteiger partial charge < -0.3 is 0 Å². The van der Waals surface area contributed by atoms with Crippen LogP contribution >= 0.6 is 0 Å². The molecule has 12 heteroatoms. The Balaban J connectivity index is 1.55. The number of aromatic nitrogens is 4. The highest BCUT2D eigenvalue weighted by molar-refractivity contribution is 6.27. The molecule has 8 aromatic rings. The predicted molar refractivity (Wildman–Crippen MR) is 136 cm³/mol. The number of hydrogen-bond acceptors (Lipinski definition) is 4. The molecule has 0 bridgehead atoms. The Bertz CT molecular complexity index is 2490. The van der Waals surface area contributed by atoms with E-state index in [2.05, 4.69) is 9.97 Å². The fraction of sp³-hybridized carbons (Fsp3) is 0.0714. The molecule has 0 atom stereocenters. The van der Waals surface area contributed by atoms with Crippen LogP contribution in [0.2, 0.25) is 0 Å². The van der Waals surface area contributed by atoms with E-state index in [1.807, 2.05) is 0 Å². The van der Waals surface area contributed by atoms with Gasteiger partial charge >= 0.3 is 12.4 Å². The number of imidazole rings is 2. The second-order valence-corrected chi connectivity index (χ2v) is 9.63. The van der Waals surface area contributed by atoms with Crippen LogP contribution in [0.1, 0.15) is 11.1 Å². The largest absolute Gasteiger partial charge is 0.416 e. The standard InChI is InChI=1S/C28H10F6N4O2/c29-27(30,31)11-2-8-19-18(9-11)36-24-14-4-3-13-21-16(6-5-15(22(14)21)25(39)37(19)24)26(40)38-20-10-12(28(32,33)34)1-7-17(20)35-23(13)38/h1-10H. The van der Waals surface area contributed by atoms with E-state index < -0.39 is 34.6 Å². The average molecular weight is 548 g/mol. The van der Waals surface area contributed by atoms with Gasteiger partial charge in [0.2, 0.25) is 0 Å². The first-order valence-corrected chi connectivity index (χ1v) is 11.8. The van der Waals surface area contributed by atoms with Crippen molar-refractivity contribution in [2.24, 2.45) is 0 Å². The molecule has 0 aliphatic heterocycles. The molecule has 196 valence electrons. The molecular weight excluding hydrogens is 538 g/mol. The Morgan fingerprint density at radius 1 is 0.525 bits per heavy atom. The van der Waals surface area contributed by atoms with Crippen LogP contribution < -0.4 is 11.1 Å². The van der Waals surface area contributed by atoms with Crippen LogP contribution in [-0.2, 0) is 12.4 Å². The Kier molecular flexibility index (Phi) is 3.98. The fourth-order valence-corrected chi connectivity index (χ4v) is 5.75. The van der Waals surface area contributed by atoms with Crippen LogP contribution in [0.5, 0.6) is 0 Å². The lowest BCUT2D eigenvalue weighted by Gasteiger charge is -2.12. The zero-order valence-electron chi connectivity index (χ0n) is 19.6. The first-order chi connectivity index (χ1) is 18.9. The highest BCUT2D eigenvalue weighted by Gasteiger charge is 2.32. The third-order valence-electron chi connectivity index (χ3n) is 7.47. The zero-order chi connectivity index (χ0) is 27.9. The topological polar surface area (TPSA) is 68.7 Å². The lowest BCUT2D eigenvalue weighted by atomic mass is 9.96. The molecule has 0 aliphatic rings. The van der Waals surface area contributed by atoms with Crippen molar-refractivity contribution in [1.82, 2.24) is 18.8 Å². The number of rotatable bonds is 0. The van der Waals surface area contributed by atoms with Crippen LogP contribution in [0.15, 0.2) is 70.3 Å². The summed E-state index contributed by atoms with van der Waals surface area (Å²) in [6, 6.07) is 12.0. The summed E-state index contributed by atoms with van der Waals surface area (Å²) >= 11 is 0. The molecule has 0 saturated carbocycles. The SMILES string of the molecule is O=c1c2ccc3c(=O)n4c5cc(C(F)(F)F)ccc5nc4c4ccc(c2c34)c2nc3cc(C(F)(F)F)ccc3n12. The molecule has 6 nitrogen and oxygen atoms in total. The molecule has 0 fully saturated rings. The third-order valence-corrected chi connectivity index (χ3v) is 7.47. The summed E-state index contributed by atoms with van der Waals surface area (Å²) in [7, 11) is 0. The minimum atomic E-state index is -4.62. The van der Waals surface area contributed by atoms with Gasteiger partial charge in [0.05, 0.1) is 33.2 Å². The fourth-order valence-electron chi connectivity index (χ4n) is 5.75. The maximum Gasteiger partial charge on any atom is 0.416 e. The van der Waals surface area contributed by atoms with E-state index >= 15 is 0 Å². The lowest BCUT2D eigenvalue weighted by Crippen LogP contribution is -2.17. The Morgan fingerprint density at radius 3 is 1.57 bits per heavy atom. The molecule has 0 radical (unpaired) electrons. The van der Waals surface area contributed by atoms with E-state index in [0.29, 0.717) is 21.5 Å². The summed E-state index contributed by atoms with van der Waals surface area (Å²) < 4.78 is 82.6. The molecule has 0 unspecified atom stereocenters. The lowest BCUT2D eigenvalue weighted by molar-refractivity contribution is -0.138. The van der Waals surface area contributed by atoms with Gasteiger partial charge in [0, 0.05) is 32.3 Å². The minimum Gasteiger partial charge on any atom is -0.268 e. The van der Waals surface area contributed by atoms with Crippen LogP contribution in [-0.4, -0.2) is 18.8 Å². The van der Waals surface area contributed by atoms with Gasteiger partial charge in [0.1, 0.15) is 11.3 Å². The second kappa shape index (κ2) is 6.95. The van der Waals surface area contributed by atoms with Crippen molar-refractivity contribution in [2.75, 3.05) is 0 Å². The van der Waals surface area contributed by atoms with Crippen molar-refractivity contribution in [3.8, 4) is 0 Å². The maximum absolute atomic E-state index is 13.7. The van der Waals surface area contributed by atoms with E-state index in [9.17, 15) is 35.9 Å². The molecule has 4 aromatic carbocycles. The van der Waals surface area contributed by atoms with Gasteiger partial charge in [-0.2, -0.15) is 26.3 Å². The van der Waals surface area contributed by atoms with Gasteiger partial charge in [0.15, 0.2) is 0 Å². The van der Waals surface area contributed by atoms with Crippen molar-refractivity contribution in [3.05, 3.63) is 92.5 Å². The summed E-state index contributed by atoms with van der Waals surface area (Å²) in [5.74, 6) is 0. The monoisotopic (exact) mass is 548 g/mol. The smallest absolute Gasteiger partial charge is 0.268 e.